The maximum absolute atomic E-state index is 12.9. The molecular formula is C20H18ClN5O3. The van der Waals surface area contributed by atoms with Crippen LogP contribution in [0.5, 0.6) is 0 Å². The molecular weight excluding hydrogens is 394 g/mol. The van der Waals surface area contributed by atoms with Crippen LogP contribution >= 0.6 is 11.6 Å². The van der Waals surface area contributed by atoms with Gasteiger partial charge in [0.2, 0.25) is 0 Å². The maximum atomic E-state index is 12.9. The second-order valence-electron chi connectivity index (χ2n) is 7.65. The number of carboxylic acids is 1. The Morgan fingerprint density at radius 2 is 2.14 bits per heavy atom. The van der Waals surface area contributed by atoms with Crippen LogP contribution in [0.2, 0.25) is 5.02 Å². The van der Waals surface area contributed by atoms with Crippen LogP contribution < -0.4 is 5.73 Å². The van der Waals surface area contributed by atoms with Crippen molar-refractivity contribution in [3.63, 3.8) is 0 Å². The summed E-state index contributed by atoms with van der Waals surface area (Å²) in [6.45, 7) is 2.60. The summed E-state index contributed by atoms with van der Waals surface area (Å²) < 4.78 is 1.33. The van der Waals surface area contributed by atoms with Gasteiger partial charge < -0.3 is 15.7 Å². The lowest BCUT2D eigenvalue weighted by Crippen LogP contribution is -2.34. The van der Waals surface area contributed by atoms with Gasteiger partial charge in [-0.1, -0.05) is 11.6 Å². The monoisotopic (exact) mass is 411 g/mol. The minimum atomic E-state index is -1.19. The first-order valence-corrected chi connectivity index (χ1v) is 9.75. The van der Waals surface area contributed by atoms with Crippen LogP contribution in [0.25, 0.3) is 16.9 Å². The number of carboxylic acid groups (broad SMARTS) is 1. The van der Waals surface area contributed by atoms with E-state index in [1.54, 1.807) is 18.3 Å². The van der Waals surface area contributed by atoms with Gasteiger partial charge in [0, 0.05) is 24.3 Å². The summed E-state index contributed by atoms with van der Waals surface area (Å²) in [5.74, 6) is -0.748. The highest BCUT2D eigenvalue weighted by atomic mass is 35.5. The molecule has 0 unspecified atom stereocenters. The van der Waals surface area contributed by atoms with Crippen molar-refractivity contribution in [2.24, 2.45) is 5.92 Å². The van der Waals surface area contributed by atoms with Gasteiger partial charge in [0.25, 0.3) is 5.91 Å². The van der Waals surface area contributed by atoms with E-state index in [4.69, 9.17) is 17.3 Å². The Morgan fingerprint density at radius 3 is 2.83 bits per heavy atom. The number of aromatic nitrogens is 3. The largest absolute Gasteiger partial charge is 0.477 e. The van der Waals surface area contributed by atoms with Crippen LogP contribution in [-0.4, -0.2) is 42.5 Å². The molecule has 3 aromatic rings. The molecule has 2 aliphatic rings. The third-order valence-corrected chi connectivity index (χ3v) is 6.10. The number of nitrogens with zero attached hydrogens (tertiary/aromatic N) is 4. The Labute approximate surface area is 170 Å². The van der Waals surface area contributed by atoms with Gasteiger partial charge in [0.05, 0.1) is 16.3 Å². The van der Waals surface area contributed by atoms with E-state index in [9.17, 15) is 14.7 Å². The number of hydrogen-bond donors (Lipinski definition) is 2. The number of nitrogens with two attached hydrogens (primary N) is 1. The molecule has 1 amide bonds. The van der Waals surface area contributed by atoms with Crippen LogP contribution in [0.1, 0.15) is 46.0 Å². The summed E-state index contributed by atoms with van der Waals surface area (Å²) in [5, 5.41) is 13.8. The van der Waals surface area contributed by atoms with Gasteiger partial charge in [0.15, 0.2) is 11.5 Å². The molecule has 148 valence electrons. The number of carbonyl (C=O) groups excluding carboxylic acids is 1. The molecule has 0 bridgehead atoms. The van der Waals surface area contributed by atoms with Crippen molar-refractivity contribution in [3.8, 4) is 11.3 Å². The Kier molecular flexibility index (Phi) is 3.82. The Bertz CT molecular complexity index is 1200. The predicted octanol–water partition coefficient (Wildman–Crippen LogP) is 3.08. The molecule has 3 heterocycles. The minimum Gasteiger partial charge on any atom is -0.477 e. The summed E-state index contributed by atoms with van der Waals surface area (Å²) >= 11 is 6.48. The van der Waals surface area contributed by atoms with Crippen LogP contribution in [-0.2, 0) is 6.54 Å². The molecule has 0 saturated heterocycles. The van der Waals surface area contributed by atoms with E-state index < -0.39 is 5.97 Å². The average molecular weight is 412 g/mol. The number of aromatic carboxylic acids is 1. The fourth-order valence-corrected chi connectivity index (χ4v) is 4.37. The number of halogens is 1. The van der Waals surface area contributed by atoms with Gasteiger partial charge in [-0.25, -0.2) is 14.3 Å². The van der Waals surface area contributed by atoms with Crippen molar-refractivity contribution in [2.75, 3.05) is 5.73 Å². The van der Waals surface area contributed by atoms with Gasteiger partial charge >= 0.3 is 5.97 Å². The molecule has 0 spiro atoms. The molecule has 1 aliphatic carbocycles. The summed E-state index contributed by atoms with van der Waals surface area (Å²) in [4.78, 5) is 30.7. The van der Waals surface area contributed by atoms with E-state index in [-0.39, 0.29) is 29.0 Å². The normalized spacial score (nSPS) is 17.0. The molecule has 1 fully saturated rings. The Hall–Kier alpha value is -3.13. The SMILES string of the molecule is C[C@@H](C1CC1)N1Cc2cc(-c3ccn4nc(N)c(C(=O)O)c4n3)cc(Cl)c2C1=O. The maximum Gasteiger partial charge on any atom is 0.343 e. The lowest BCUT2D eigenvalue weighted by Gasteiger charge is -2.23. The highest BCUT2D eigenvalue weighted by molar-refractivity contribution is 6.34. The minimum absolute atomic E-state index is 0.0314. The fraction of sp³-hybridized carbons (Fsp3) is 0.300. The number of amides is 1. The molecule has 2 aromatic heterocycles. The number of rotatable bonds is 4. The Balaban J connectivity index is 1.58. The molecule has 3 N–H and O–H groups in total. The van der Waals surface area contributed by atoms with Crippen LogP contribution in [0, 0.1) is 5.92 Å². The molecule has 1 atom stereocenters. The first-order valence-electron chi connectivity index (χ1n) is 9.37. The van der Waals surface area contributed by atoms with Crippen LogP contribution in [0.15, 0.2) is 24.4 Å². The number of anilines is 1. The second-order valence-corrected chi connectivity index (χ2v) is 8.06. The van der Waals surface area contributed by atoms with Crippen LogP contribution in [0.4, 0.5) is 5.82 Å². The first-order chi connectivity index (χ1) is 13.8. The predicted molar refractivity (Wildman–Crippen MR) is 107 cm³/mol. The third kappa shape index (κ3) is 2.74. The summed E-state index contributed by atoms with van der Waals surface area (Å²) in [5.41, 5.74) is 8.38. The van der Waals surface area contributed by atoms with Gasteiger partial charge in [-0.2, -0.15) is 0 Å². The number of carbonyl (C=O) groups is 2. The van der Waals surface area contributed by atoms with Gasteiger partial charge in [-0.05, 0) is 49.4 Å². The van der Waals surface area contributed by atoms with Crippen molar-refractivity contribution < 1.29 is 14.7 Å². The number of nitrogen functional groups attached to an aromatic ring is 1. The zero-order chi connectivity index (χ0) is 20.4. The molecule has 9 heteroatoms. The van der Waals surface area contributed by atoms with E-state index >= 15 is 0 Å². The third-order valence-electron chi connectivity index (χ3n) is 5.80. The number of hydrogen-bond acceptors (Lipinski definition) is 5. The average Bonchev–Trinajstić information content (AvgIpc) is 3.38. The molecule has 1 aliphatic heterocycles. The molecule has 1 aromatic carbocycles. The zero-order valence-electron chi connectivity index (χ0n) is 15.6. The van der Waals surface area contributed by atoms with Crippen molar-refractivity contribution in [3.05, 3.63) is 46.1 Å². The molecule has 0 radical (unpaired) electrons. The lowest BCUT2D eigenvalue weighted by atomic mass is 10.0. The molecule has 1 saturated carbocycles. The van der Waals surface area contributed by atoms with E-state index in [0.29, 0.717) is 34.3 Å². The zero-order valence-corrected chi connectivity index (χ0v) is 16.3. The topological polar surface area (TPSA) is 114 Å². The van der Waals surface area contributed by atoms with Crippen molar-refractivity contribution in [2.45, 2.75) is 32.4 Å². The fourth-order valence-electron chi connectivity index (χ4n) is 4.05. The van der Waals surface area contributed by atoms with Gasteiger partial charge in [-0.3, -0.25) is 4.79 Å². The number of fused-ring (bicyclic) bond motifs is 2. The van der Waals surface area contributed by atoms with E-state index in [0.717, 1.165) is 18.4 Å². The van der Waals surface area contributed by atoms with Crippen molar-refractivity contribution in [1.29, 1.82) is 0 Å². The summed E-state index contributed by atoms with van der Waals surface area (Å²) in [7, 11) is 0. The highest BCUT2D eigenvalue weighted by Crippen LogP contribution is 2.40. The van der Waals surface area contributed by atoms with E-state index in [1.165, 1.54) is 4.52 Å². The first kappa shape index (κ1) is 17.9. The van der Waals surface area contributed by atoms with E-state index in [2.05, 4.69) is 17.0 Å². The second kappa shape index (κ2) is 6.18. The molecule has 5 rings (SSSR count). The van der Waals surface area contributed by atoms with Crippen LogP contribution in [0.3, 0.4) is 0 Å². The molecule has 29 heavy (non-hydrogen) atoms. The van der Waals surface area contributed by atoms with Gasteiger partial charge in [0.1, 0.15) is 5.56 Å². The highest BCUT2D eigenvalue weighted by Gasteiger charge is 2.39. The standard InChI is InChI=1S/C20H18ClN5O3/c1-9(10-2-3-10)25-8-12-6-11(7-13(21)15(12)19(25)27)14-4-5-26-18(23-14)16(20(28)29)17(22)24-26/h4-7,9-10H,2-3,8H2,1H3,(H2,22,24)(H,28,29)/t9-/m0/s1. The quantitative estimate of drug-likeness (QED) is 0.681. The van der Waals surface area contributed by atoms with Crippen molar-refractivity contribution >= 4 is 34.9 Å². The number of benzene rings is 1. The van der Waals surface area contributed by atoms with E-state index in [1.807, 2.05) is 11.0 Å². The van der Waals surface area contributed by atoms with Crippen molar-refractivity contribution in [1.82, 2.24) is 19.5 Å². The summed E-state index contributed by atoms with van der Waals surface area (Å²) in [6.07, 6.45) is 3.92. The summed E-state index contributed by atoms with van der Waals surface area (Å²) in [6, 6.07) is 5.50. The lowest BCUT2D eigenvalue weighted by molar-refractivity contribution is 0.0689. The molecule has 8 nitrogen and oxygen atoms in total. The van der Waals surface area contributed by atoms with Gasteiger partial charge in [-0.15, -0.1) is 5.10 Å². The smallest absolute Gasteiger partial charge is 0.343 e. The Morgan fingerprint density at radius 1 is 1.38 bits per heavy atom.